The lowest BCUT2D eigenvalue weighted by atomic mass is 10.0. The van der Waals surface area contributed by atoms with Crippen LogP contribution in [0.4, 0.5) is 0 Å². The summed E-state index contributed by atoms with van der Waals surface area (Å²) < 4.78 is 5.14. The van der Waals surface area contributed by atoms with Gasteiger partial charge < -0.3 is 20.9 Å². The van der Waals surface area contributed by atoms with Crippen LogP contribution in [0, 0.1) is 11.8 Å². The lowest BCUT2D eigenvalue weighted by molar-refractivity contribution is -0.147. The fraction of sp³-hybridized carbons (Fsp3) is 0.769. The smallest absolute Gasteiger partial charge is 0.309 e. The zero-order valence-electron chi connectivity index (χ0n) is 11.8. The van der Waals surface area contributed by atoms with Gasteiger partial charge in [0.1, 0.15) is 6.61 Å². The number of amides is 1. The van der Waals surface area contributed by atoms with E-state index in [1.165, 1.54) is 0 Å². The van der Waals surface area contributed by atoms with Gasteiger partial charge in [-0.1, -0.05) is 13.8 Å². The Labute approximate surface area is 117 Å². The molecular weight excluding hydrogens is 264 g/mol. The molecule has 0 aromatic carbocycles. The zero-order chi connectivity index (χ0) is 15.3. The van der Waals surface area contributed by atoms with E-state index >= 15 is 0 Å². The first-order valence-corrected chi connectivity index (χ1v) is 6.75. The molecule has 4 N–H and O–H groups in total. The molecule has 1 aliphatic carbocycles. The Morgan fingerprint density at radius 3 is 2.40 bits per heavy atom. The molecule has 7 heteroatoms. The van der Waals surface area contributed by atoms with Crippen LogP contribution in [0.2, 0.25) is 0 Å². The Balaban J connectivity index is 2.42. The highest BCUT2D eigenvalue weighted by Crippen LogP contribution is 2.30. The minimum atomic E-state index is -1.13. The number of carbonyl (C=O) groups excluding carboxylic acids is 2. The van der Waals surface area contributed by atoms with Crippen molar-refractivity contribution in [2.75, 3.05) is 6.61 Å². The molecule has 1 aliphatic rings. The second kappa shape index (κ2) is 7.23. The Bertz CT molecular complexity index is 379. The summed E-state index contributed by atoms with van der Waals surface area (Å²) >= 11 is 0. The fourth-order valence-electron chi connectivity index (χ4n) is 1.58. The SMILES string of the molecule is CC(C)C(COC(=O)C1CC1)NC(=O)C(N)CC(=O)O. The highest BCUT2D eigenvalue weighted by molar-refractivity contribution is 5.86. The number of nitrogens with one attached hydrogen (secondary N) is 1. The minimum Gasteiger partial charge on any atom is -0.481 e. The Kier molecular flexibility index (Phi) is 5.94. The average Bonchev–Trinajstić information content (AvgIpc) is 3.16. The van der Waals surface area contributed by atoms with E-state index in [2.05, 4.69) is 5.32 Å². The van der Waals surface area contributed by atoms with Crippen LogP contribution < -0.4 is 11.1 Å². The molecule has 0 aromatic rings. The Morgan fingerprint density at radius 2 is 1.95 bits per heavy atom. The molecule has 1 rings (SSSR count). The number of ether oxygens (including phenoxy) is 1. The molecule has 0 saturated heterocycles. The van der Waals surface area contributed by atoms with Crippen LogP contribution in [0.15, 0.2) is 0 Å². The summed E-state index contributed by atoms with van der Waals surface area (Å²) in [6.07, 6.45) is 1.29. The molecule has 0 bridgehead atoms. The van der Waals surface area contributed by atoms with Crippen molar-refractivity contribution in [1.29, 1.82) is 0 Å². The van der Waals surface area contributed by atoms with Gasteiger partial charge in [-0.3, -0.25) is 14.4 Å². The van der Waals surface area contributed by atoms with Crippen LogP contribution in [0.5, 0.6) is 0 Å². The molecule has 20 heavy (non-hydrogen) atoms. The van der Waals surface area contributed by atoms with E-state index in [0.29, 0.717) is 0 Å². The summed E-state index contributed by atoms with van der Waals surface area (Å²) in [7, 11) is 0. The third kappa shape index (κ3) is 5.56. The van der Waals surface area contributed by atoms with Crippen LogP contribution >= 0.6 is 0 Å². The second-order valence-corrected chi connectivity index (χ2v) is 5.47. The predicted molar refractivity (Wildman–Crippen MR) is 70.7 cm³/mol. The maximum Gasteiger partial charge on any atom is 0.309 e. The number of hydrogen-bond donors (Lipinski definition) is 3. The predicted octanol–water partition coefficient (Wildman–Crippen LogP) is -0.118. The molecule has 0 aromatic heterocycles. The van der Waals surface area contributed by atoms with Crippen molar-refractivity contribution >= 4 is 17.8 Å². The Morgan fingerprint density at radius 1 is 1.35 bits per heavy atom. The van der Waals surface area contributed by atoms with Crippen LogP contribution in [0.25, 0.3) is 0 Å². The molecule has 1 amide bonds. The molecule has 0 radical (unpaired) electrons. The van der Waals surface area contributed by atoms with E-state index in [0.717, 1.165) is 12.8 Å². The van der Waals surface area contributed by atoms with Crippen molar-refractivity contribution in [3.05, 3.63) is 0 Å². The van der Waals surface area contributed by atoms with Gasteiger partial charge in [-0.05, 0) is 18.8 Å². The van der Waals surface area contributed by atoms with Crippen molar-refractivity contribution in [3.63, 3.8) is 0 Å². The van der Waals surface area contributed by atoms with Crippen molar-refractivity contribution in [2.24, 2.45) is 17.6 Å². The molecule has 114 valence electrons. The van der Waals surface area contributed by atoms with E-state index in [-0.39, 0.29) is 30.5 Å². The van der Waals surface area contributed by atoms with Gasteiger partial charge in [0, 0.05) is 0 Å². The molecule has 0 aliphatic heterocycles. The van der Waals surface area contributed by atoms with Gasteiger partial charge in [-0.25, -0.2) is 0 Å². The number of carbonyl (C=O) groups is 3. The van der Waals surface area contributed by atoms with E-state index in [9.17, 15) is 14.4 Å². The first-order valence-electron chi connectivity index (χ1n) is 6.75. The fourth-order valence-corrected chi connectivity index (χ4v) is 1.58. The topological polar surface area (TPSA) is 119 Å². The average molecular weight is 286 g/mol. The normalized spacial score (nSPS) is 17.4. The highest BCUT2D eigenvalue weighted by Gasteiger charge is 2.32. The van der Waals surface area contributed by atoms with Crippen molar-refractivity contribution < 1.29 is 24.2 Å². The lowest BCUT2D eigenvalue weighted by Crippen LogP contribution is -2.49. The summed E-state index contributed by atoms with van der Waals surface area (Å²) in [5, 5.41) is 11.2. The van der Waals surface area contributed by atoms with Crippen molar-refractivity contribution in [3.8, 4) is 0 Å². The third-order valence-corrected chi connectivity index (χ3v) is 3.18. The van der Waals surface area contributed by atoms with Crippen LogP contribution in [-0.4, -0.2) is 41.6 Å². The number of hydrogen-bond acceptors (Lipinski definition) is 5. The van der Waals surface area contributed by atoms with E-state index in [1.807, 2.05) is 13.8 Å². The van der Waals surface area contributed by atoms with Gasteiger partial charge >= 0.3 is 11.9 Å². The number of carboxylic acid groups (broad SMARTS) is 1. The maximum absolute atomic E-state index is 11.7. The van der Waals surface area contributed by atoms with Gasteiger partial charge in [0.2, 0.25) is 5.91 Å². The second-order valence-electron chi connectivity index (χ2n) is 5.47. The van der Waals surface area contributed by atoms with Crippen LogP contribution in [0.1, 0.15) is 33.1 Å². The minimum absolute atomic E-state index is 0.00720. The van der Waals surface area contributed by atoms with Gasteiger partial charge in [0.15, 0.2) is 0 Å². The summed E-state index contributed by atoms with van der Waals surface area (Å²) in [4.78, 5) is 33.7. The molecule has 0 heterocycles. The van der Waals surface area contributed by atoms with E-state index in [4.69, 9.17) is 15.6 Å². The molecule has 2 atom stereocenters. The molecule has 0 spiro atoms. The summed E-state index contributed by atoms with van der Waals surface area (Å²) in [5.74, 6) is -1.86. The number of nitrogens with two attached hydrogens (primary N) is 1. The quantitative estimate of drug-likeness (QED) is 0.535. The number of carboxylic acids is 1. The molecule has 1 saturated carbocycles. The number of esters is 1. The monoisotopic (exact) mass is 286 g/mol. The van der Waals surface area contributed by atoms with E-state index < -0.39 is 24.3 Å². The summed E-state index contributed by atoms with van der Waals surface area (Å²) in [6, 6.07) is -1.47. The van der Waals surface area contributed by atoms with Gasteiger partial charge in [-0.2, -0.15) is 0 Å². The van der Waals surface area contributed by atoms with Crippen molar-refractivity contribution in [2.45, 2.75) is 45.2 Å². The van der Waals surface area contributed by atoms with Gasteiger partial charge in [0.05, 0.1) is 24.4 Å². The molecule has 7 nitrogen and oxygen atoms in total. The molecule has 1 fully saturated rings. The molecular formula is C13H22N2O5. The van der Waals surface area contributed by atoms with E-state index in [1.54, 1.807) is 0 Å². The first-order chi connectivity index (χ1) is 9.31. The lowest BCUT2D eigenvalue weighted by Gasteiger charge is -2.23. The summed E-state index contributed by atoms with van der Waals surface area (Å²) in [6.45, 7) is 3.83. The number of aliphatic carboxylic acids is 1. The maximum atomic E-state index is 11.7. The number of rotatable bonds is 8. The van der Waals surface area contributed by atoms with Crippen LogP contribution in [0.3, 0.4) is 0 Å². The van der Waals surface area contributed by atoms with Gasteiger partial charge in [0.25, 0.3) is 0 Å². The Hall–Kier alpha value is -1.63. The summed E-state index contributed by atoms with van der Waals surface area (Å²) in [5.41, 5.74) is 5.48. The first kappa shape index (κ1) is 16.4. The largest absolute Gasteiger partial charge is 0.481 e. The molecule has 2 unspecified atom stereocenters. The highest BCUT2D eigenvalue weighted by atomic mass is 16.5. The standard InChI is InChI=1S/C13H22N2O5/c1-7(2)10(6-20-13(19)8-3-4-8)15-12(18)9(14)5-11(16)17/h7-10H,3-6,14H2,1-2H3,(H,15,18)(H,16,17). The van der Waals surface area contributed by atoms with Crippen molar-refractivity contribution in [1.82, 2.24) is 5.32 Å². The van der Waals surface area contributed by atoms with Gasteiger partial charge in [-0.15, -0.1) is 0 Å². The zero-order valence-corrected chi connectivity index (χ0v) is 11.8. The third-order valence-electron chi connectivity index (χ3n) is 3.18. The van der Waals surface area contributed by atoms with Crippen LogP contribution in [-0.2, 0) is 19.1 Å².